The average Bonchev–Trinajstić information content (AvgIpc) is 2.58. The van der Waals surface area contributed by atoms with Gasteiger partial charge in [0.25, 0.3) is 5.91 Å². The highest BCUT2D eigenvalue weighted by molar-refractivity contribution is 6.00. The van der Waals surface area contributed by atoms with E-state index in [9.17, 15) is 18.0 Å². The molecule has 2 aromatic carbocycles. The van der Waals surface area contributed by atoms with Gasteiger partial charge < -0.3 is 10.2 Å². The lowest BCUT2D eigenvalue weighted by Gasteiger charge is -2.19. The summed E-state index contributed by atoms with van der Waals surface area (Å²) in [5, 5.41) is 2.97. The van der Waals surface area contributed by atoms with Crippen molar-refractivity contribution in [1.29, 1.82) is 0 Å². The molecule has 0 saturated carbocycles. The molecule has 1 amide bonds. The number of amides is 1. The van der Waals surface area contributed by atoms with Gasteiger partial charge in [0.05, 0.1) is 5.56 Å². The van der Waals surface area contributed by atoms with Crippen molar-refractivity contribution in [2.24, 2.45) is 0 Å². The molecule has 0 atom stereocenters. The van der Waals surface area contributed by atoms with Crippen LogP contribution in [0, 0.1) is 0 Å². The van der Waals surface area contributed by atoms with Crippen LogP contribution in [0.3, 0.4) is 0 Å². The molecule has 0 aliphatic heterocycles. The minimum Gasteiger partial charge on any atom is -0.340 e. The molecular weight excluding hydrogens is 317 g/mol. The number of nitrogens with zero attached hydrogens (tertiary/aromatic N) is 1. The van der Waals surface area contributed by atoms with Gasteiger partial charge in [0.1, 0.15) is 0 Å². The molecule has 0 radical (unpaired) electrons. The normalized spacial score (nSPS) is 11.4. The molecular formula is C18H19F3N2O. The summed E-state index contributed by atoms with van der Waals surface area (Å²) in [4.78, 5) is 14.2. The summed E-state index contributed by atoms with van der Waals surface area (Å²) in [6, 6.07) is 11.8. The van der Waals surface area contributed by atoms with E-state index < -0.39 is 11.7 Å². The number of carbonyl (C=O) groups is 1. The smallest absolute Gasteiger partial charge is 0.340 e. The zero-order chi connectivity index (χ0) is 17.7. The first-order chi connectivity index (χ1) is 11.3. The van der Waals surface area contributed by atoms with Crippen LogP contribution in [0.25, 0.3) is 11.1 Å². The number of hydrogen-bond donors (Lipinski definition) is 1. The van der Waals surface area contributed by atoms with Crippen LogP contribution in [0.1, 0.15) is 15.9 Å². The van der Waals surface area contributed by atoms with E-state index >= 15 is 0 Å². The Labute approximate surface area is 139 Å². The Balaban J connectivity index is 2.33. The second-order valence-corrected chi connectivity index (χ2v) is 5.45. The van der Waals surface area contributed by atoms with Gasteiger partial charge in [0.2, 0.25) is 0 Å². The Hall–Kier alpha value is -2.34. The van der Waals surface area contributed by atoms with Crippen LogP contribution < -0.4 is 5.32 Å². The first kappa shape index (κ1) is 18.0. The van der Waals surface area contributed by atoms with Crippen LogP contribution in [-0.4, -0.2) is 38.0 Å². The van der Waals surface area contributed by atoms with Crippen molar-refractivity contribution in [3.63, 3.8) is 0 Å². The highest BCUT2D eigenvalue weighted by Crippen LogP contribution is 2.32. The van der Waals surface area contributed by atoms with E-state index in [1.165, 1.54) is 12.1 Å². The minimum absolute atomic E-state index is 0.166. The van der Waals surface area contributed by atoms with Crippen molar-refractivity contribution in [1.82, 2.24) is 10.2 Å². The highest BCUT2D eigenvalue weighted by Gasteiger charge is 2.30. The molecule has 3 nitrogen and oxygen atoms in total. The fourth-order valence-electron chi connectivity index (χ4n) is 2.35. The second-order valence-electron chi connectivity index (χ2n) is 5.45. The summed E-state index contributed by atoms with van der Waals surface area (Å²) >= 11 is 0. The predicted molar refractivity (Wildman–Crippen MR) is 87.8 cm³/mol. The maximum Gasteiger partial charge on any atom is 0.416 e. The van der Waals surface area contributed by atoms with Crippen molar-refractivity contribution in [3.8, 4) is 11.1 Å². The lowest BCUT2D eigenvalue weighted by Crippen LogP contribution is -2.33. The van der Waals surface area contributed by atoms with Crippen molar-refractivity contribution in [2.45, 2.75) is 6.18 Å². The van der Waals surface area contributed by atoms with Gasteiger partial charge in [0.15, 0.2) is 0 Å². The van der Waals surface area contributed by atoms with Gasteiger partial charge in [0, 0.05) is 25.7 Å². The minimum atomic E-state index is -4.37. The molecule has 0 bridgehead atoms. The van der Waals surface area contributed by atoms with Crippen LogP contribution in [0.5, 0.6) is 0 Å². The third kappa shape index (κ3) is 4.14. The first-order valence-electron chi connectivity index (χ1n) is 7.51. The first-order valence-corrected chi connectivity index (χ1v) is 7.51. The molecule has 0 unspecified atom stereocenters. The predicted octanol–water partition coefficient (Wildman–Crippen LogP) is 3.66. The molecule has 0 spiro atoms. The quantitative estimate of drug-likeness (QED) is 0.904. The summed E-state index contributed by atoms with van der Waals surface area (Å²) in [5.41, 5.74) is 0.957. The lowest BCUT2D eigenvalue weighted by atomic mass is 9.98. The van der Waals surface area contributed by atoms with Gasteiger partial charge in [-0.25, -0.2) is 0 Å². The Morgan fingerprint density at radius 2 is 1.71 bits per heavy atom. The highest BCUT2D eigenvalue weighted by atomic mass is 19.4. The Bertz CT molecular complexity index is 696. The number of halogens is 3. The molecule has 24 heavy (non-hydrogen) atoms. The molecule has 0 heterocycles. The van der Waals surface area contributed by atoms with Gasteiger partial charge in [-0.3, -0.25) is 4.79 Å². The van der Waals surface area contributed by atoms with Crippen molar-refractivity contribution >= 4 is 5.91 Å². The average molecular weight is 336 g/mol. The standard InChI is InChI=1S/C18H19F3N2O/c1-22-11-12-23(2)17(24)16-6-4-3-5-15(16)13-7-9-14(10-8-13)18(19,20)21/h3-10,22H,11-12H2,1-2H3. The van der Waals surface area contributed by atoms with Gasteiger partial charge in [-0.05, 0) is 36.4 Å². The number of carbonyl (C=O) groups excluding carboxylic acids is 1. The fraction of sp³-hybridized carbons (Fsp3) is 0.278. The van der Waals surface area contributed by atoms with Crippen molar-refractivity contribution in [2.75, 3.05) is 27.2 Å². The molecule has 2 rings (SSSR count). The van der Waals surface area contributed by atoms with Crippen LogP contribution >= 0.6 is 0 Å². The molecule has 2 aromatic rings. The zero-order valence-electron chi connectivity index (χ0n) is 13.5. The molecule has 1 N–H and O–H groups in total. The van der Waals surface area contributed by atoms with Crippen LogP contribution in [-0.2, 0) is 6.18 Å². The van der Waals surface area contributed by atoms with E-state index in [2.05, 4.69) is 5.32 Å². The summed E-state index contributed by atoms with van der Waals surface area (Å²) < 4.78 is 38.1. The van der Waals surface area contributed by atoms with Crippen LogP contribution in [0.15, 0.2) is 48.5 Å². The topological polar surface area (TPSA) is 32.3 Å². The van der Waals surface area contributed by atoms with Crippen LogP contribution in [0.2, 0.25) is 0 Å². The molecule has 0 saturated heterocycles. The number of rotatable bonds is 5. The Morgan fingerprint density at radius 3 is 2.29 bits per heavy atom. The van der Waals surface area contributed by atoms with Crippen LogP contribution in [0.4, 0.5) is 13.2 Å². The number of hydrogen-bond acceptors (Lipinski definition) is 2. The maximum atomic E-state index is 12.7. The third-order valence-corrected chi connectivity index (χ3v) is 3.72. The second kappa shape index (κ2) is 7.49. The SMILES string of the molecule is CNCCN(C)C(=O)c1ccccc1-c1ccc(C(F)(F)F)cc1. The summed E-state index contributed by atoms with van der Waals surface area (Å²) in [7, 11) is 3.50. The van der Waals surface area contributed by atoms with E-state index in [-0.39, 0.29) is 5.91 Å². The monoisotopic (exact) mass is 336 g/mol. The number of alkyl halides is 3. The van der Waals surface area contributed by atoms with Crippen molar-refractivity contribution < 1.29 is 18.0 Å². The molecule has 0 fully saturated rings. The largest absolute Gasteiger partial charge is 0.416 e. The number of likely N-dealkylation sites (N-methyl/N-ethyl adjacent to an activating group) is 2. The van der Waals surface area contributed by atoms with E-state index in [1.54, 1.807) is 43.3 Å². The number of nitrogens with one attached hydrogen (secondary N) is 1. The summed E-state index contributed by atoms with van der Waals surface area (Å²) in [5.74, 6) is -0.166. The number of benzene rings is 2. The van der Waals surface area contributed by atoms with E-state index in [0.717, 1.165) is 12.1 Å². The summed E-state index contributed by atoms with van der Waals surface area (Å²) in [6.45, 7) is 1.20. The van der Waals surface area contributed by atoms with E-state index in [4.69, 9.17) is 0 Å². The Morgan fingerprint density at radius 1 is 1.08 bits per heavy atom. The lowest BCUT2D eigenvalue weighted by molar-refractivity contribution is -0.137. The molecule has 0 aromatic heterocycles. The summed E-state index contributed by atoms with van der Waals surface area (Å²) in [6.07, 6.45) is -4.37. The fourth-order valence-corrected chi connectivity index (χ4v) is 2.35. The molecule has 6 heteroatoms. The van der Waals surface area contributed by atoms with E-state index in [1.807, 2.05) is 0 Å². The molecule has 0 aliphatic rings. The van der Waals surface area contributed by atoms with Crippen molar-refractivity contribution in [3.05, 3.63) is 59.7 Å². The third-order valence-electron chi connectivity index (χ3n) is 3.72. The zero-order valence-corrected chi connectivity index (χ0v) is 13.5. The van der Waals surface area contributed by atoms with E-state index in [0.29, 0.717) is 29.8 Å². The molecule has 0 aliphatic carbocycles. The Kier molecular flexibility index (Phi) is 5.62. The van der Waals surface area contributed by atoms with Gasteiger partial charge in [-0.15, -0.1) is 0 Å². The van der Waals surface area contributed by atoms with Gasteiger partial charge in [-0.1, -0.05) is 30.3 Å². The maximum absolute atomic E-state index is 12.7. The van der Waals surface area contributed by atoms with Gasteiger partial charge >= 0.3 is 6.18 Å². The van der Waals surface area contributed by atoms with Gasteiger partial charge in [-0.2, -0.15) is 13.2 Å². The molecule has 128 valence electrons.